The summed E-state index contributed by atoms with van der Waals surface area (Å²) in [6.07, 6.45) is 0. The van der Waals surface area contributed by atoms with Gasteiger partial charge in [-0.25, -0.2) is 4.79 Å². The first-order chi connectivity index (χ1) is 11.0. The van der Waals surface area contributed by atoms with Gasteiger partial charge in [-0.2, -0.15) is 0 Å². The third kappa shape index (κ3) is 4.70. The SMILES string of the molecule is CCNC(=O)NC(=O)CSc1nnc(-c2ccc(Cl)cc2)n1C. The van der Waals surface area contributed by atoms with Crippen molar-refractivity contribution in [2.45, 2.75) is 12.1 Å². The van der Waals surface area contributed by atoms with Crippen molar-refractivity contribution in [3.05, 3.63) is 29.3 Å². The molecule has 2 aromatic rings. The second-order valence-electron chi connectivity index (χ2n) is 4.57. The molecule has 0 fully saturated rings. The first-order valence-electron chi connectivity index (χ1n) is 6.87. The average Bonchev–Trinajstić information content (AvgIpc) is 2.87. The normalized spacial score (nSPS) is 10.4. The van der Waals surface area contributed by atoms with Crippen LogP contribution in [0.25, 0.3) is 11.4 Å². The Morgan fingerprint density at radius 2 is 1.96 bits per heavy atom. The summed E-state index contributed by atoms with van der Waals surface area (Å²) < 4.78 is 1.79. The lowest BCUT2D eigenvalue weighted by atomic mass is 10.2. The van der Waals surface area contributed by atoms with E-state index in [0.717, 1.165) is 5.56 Å². The third-order valence-corrected chi connectivity index (χ3v) is 4.13. The van der Waals surface area contributed by atoms with E-state index >= 15 is 0 Å². The van der Waals surface area contributed by atoms with E-state index in [1.54, 1.807) is 23.6 Å². The van der Waals surface area contributed by atoms with Crippen molar-refractivity contribution >= 4 is 35.3 Å². The van der Waals surface area contributed by atoms with Gasteiger partial charge in [0.1, 0.15) is 0 Å². The van der Waals surface area contributed by atoms with Gasteiger partial charge in [-0.1, -0.05) is 23.4 Å². The van der Waals surface area contributed by atoms with Crippen LogP contribution in [0.4, 0.5) is 4.79 Å². The number of amides is 3. The Morgan fingerprint density at radius 1 is 1.26 bits per heavy atom. The molecule has 0 aliphatic heterocycles. The van der Waals surface area contributed by atoms with Gasteiger partial charge in [0.05, 0.1) is 5.75 Å². The predicted molar refractivity (Wildman–Crippen MR) is 89.4 cm³/mol. The first-order valence-corrected chi connectivity index (χ1v) is 8.23. The molecule has 0 saturated heterocycles. The van der Waals surface area contributed by atoms with Crippen LogP contribution in [0.2, 0.25) is 5.02 Å². The minimum absolute atomic E-state index is 0.0731. The van der Waals surface area contributed by atoms with E-state index in [4.69, 9.17) is 11.6 Å². The van der Waals surface area contributed by atoms with Gasteiger partial charge in [-0.3, -0.25) is 10.1 Å². The molecule has 7 nitrogen and oxygen atoms in total. The predicted octanol–water partition coefficient (Wildman–Crippen LogP) is 2.07. The van der Waals surface area contributed by atoms with Gasteiger partial charge in [0.25, 0.3) is 0 Å². The molecule has 0 aliphatic rings. The van der Waals surface area contributed by atoms with Crippen LogP contribution in [-0.4, -0.2) is 39.0 Å². The lowest BCUT2D eigenvalue weighted by molar-refractivity contribution is -0.117. The van der Waals surface area contributed by atoms with Crippen LogP contribution in [0, 0.1) is 0 Å². The molecule has 1 aromatic heterocycles. The summed E-state index contributed by atoms with van der Waals surface area (Å²) in [5.41, 5.74) is 0.878. The number of benzene rings is 1. The number of carbonyl (C=O) groups excluding carboxylic acids is 2. The maximum Gasteiger partial charge on any atom is 0.321 e. The summed E-state index contributed by atoms with van der Waals surface area (Å²) >= 11 is 7.07. The summed E-state index contributed by atoms with van der Waals surface area (Å²) in [5, 5.41) is 14.1. The van der Waals surface area contributed by atoms with Gasteiger partial charge >= 0.3 is 6.03 Å². The molecular formula is C14H16ClN5O2S. The van der Waals surface area contributed by atoms with Crippen LogP contribution in [0.3, 0.4) is 0 Å². The molecule has 122 valence electrons. The number of nitrogens with one attached hydrogen (secondary N) is 2. The monoisotopic (exact) mass is 353 g/mol. The van der Waals surface area contributed by atoms with E-state index in [0.29, 0.717) is 22.5 Å². The maximum atomic E-state index is 11.7. The van der Waals surface area contributed by atoms with Crippen molar-refractivity contribution < 1.29 is 9.59 Å². The molecule has 0 saturated carbocycles. The smallest absolute Gasteiger partial charge is 0.321 e. The first kappa shape index (κ1) is 17.3. The average molecular weight is 354 g/mol. The van der Waals surface area contributed by atoms with E-state index in [9.17, 15) is 9.59 Å². The Hall–Kier alpha value is -2.06. The molecular weight excluding hydrogens is 338 g/mol. The lowest BCUT2D eigenvalue weighted by Gasteiger charge is -2.05. The quantitative estimate of drug-likeness (QED) is 0.803. The molecule has 9 heteroatoms. The van der Waals surface area contributed by atoms with E-state index in [-0.39, 0.29) is 5.75 Å². The zero-order valence-electron chi connectivity index (χ0n) is 12.7. The third-order valence-electron chi connectivity index (χ3n) is 2.86. The lowest BCUT2D eigenvalue weighted by Crippen LogP contribution is -2.40. The van der Waals surface area contributed by atoms with Gasteiger partial charge < -0.3 is 9.88 Å². The standard InChI is InChI=1S/C14H16ClN5O2S/c1-3-16-13(22)17-11(21)8-23-14-19-18-12(20(14)2)9-4-6-10(15)7-5-9/h4-7H,3,8H2,1-2H3,(H2,16,17,21,22). The van der Waals surface area contributed by atoms with Crippen molar-refractivity contribution in [1.82, 2.24) is 25.4 Å². The number of urea groups is 1. The Morgan fingerprint density at radius 3 is 2.61 bits per heavy atom. The zero-order valence-corrected chi connectivity index (χ0v) is 14.2. The molecule has 0 atom stereocenters. The number of hydrogen-bond donors (Lipinski definition) is 2. The number of carbonyl (C=O) groups is 2. The second-order valence-corrected chi connectivity index (χ2v) is 5.95. The molecule has 0 radical (unpaired) electrons. The maximum absolute atomic E-state index is 11.7. The van der Waals surface area contributed by atoms with Crippen LogP contribution >= 0.6 is 23.4 Å². The topological polar surface area (TPSA) is 88.9 Å². The molecule has 1 aromatic carbocycles. The van der Waals surface area contributed by atoms with Crippen molar-refractivity contribution in [3.8, 4) is 11.4 Å². The second kappa shape index (κ2) is 7.98. The van der Waals surface area contributed by atoms with Gasteiger partial charge in [0, 0.05) is 24.2 Å². The molecule has 2 N–H and O–H groups in total. The molecule has 0 bridgehead atoms. The summed E-state index contributed by atoms with van der Waals surface area (Å²) in [7, 11) is 1.81. The Labute approximate surface area is 142 Å². The minimum Gasteiger partial charge on any atom is -0.338 e. The van der Waals surface area contributed by atoms with Gasteiger partial charge in [-0.15, -0.1) is 10.2 Å². The van der Waals surface area contributed by atoms with E-state index in [2.05, 4.69) is 20.8 Å². The largest absolute Gasteiger partial charge is 0.338 e. The summed E-state index contributed by atoms with van der Waals surface area (Å²) in [6.45, 7) is 2.23. The molecule has 1 heterocycles. The van der Waals surface area contributed by atoms with E-state index < -0.39 is 11.9 Å². The molecule has 0 unspecified atom stereocenters. The van der Waals surface area contributed by atoms with E-state index in [1.807, 2.05) is 19.2 Å². The molecule has 23 heavy (non-hydrogen) atoms. The number of thioether (sulfide) groups is 1. The summed E-state index contributed by atoms with van der Waals surface area (Å²) in [5.74, 6) is 0.356. The molecule has 2 rings (SSSR count). The fourth-order valence-corrected chi connectivity index (χ4v) is 2.63. The Bertz CT molecular complexity index is 702. The number of nitrogens with zero attached hydrogens (tertiary/aromatic N) is 3. The van der Waals surface area contributed by atoms with Crippen molar-refractivity contribution in [2.75, 3.05) is 12.3 Å². The minimum atomic E-state index is -0.502. The van der Waals surface area contributed by atoms with E-state index in [1.165, 1.54) is 11.8 Å². The number of rotatable bonds is 5. The van der Waals surface area contributed by atoms with Gasteiger partial charge in [0.15, 0.2) is 11.0 Å². The highest BCUT2D eigenvalue weighted by Crippen LogP contribution is 2.23. The number of aromatic nitrogens is 3. The van der Waals surface area contributed by atoms with Crippen LogP contribution in [0.15, 0.2) is 29.4 Å². The Balaban J connectivity index is 1.98. The highest BCUT2D eigenvalue weighted by atomic mass is 35.5. The highest BCUT2D eigenvalue weighted by molar-refractivity contribution is 7.99. The van der Waals surface area contributed by atoms with Gasteiger partial charge in [0.2, 0.25) is 5.91 Å². The fraction of sp³-hybridized carbons (Fsp3) is 0.286. The van der Waals surface area contributed by atoms with Crippen molar-refractivity contribution in [2.24, 2.45) is 7.05 Å². The summed E-state index contributed by atoms with van der Waals surface area (Å²) in [4.78, 5) is 22.9. The zero-order chi connectivity index (χ0) is 16.8. The fourth-order valence-electron chi connectivity index (χ4n) is 1.79. The number of hydrogen-bond acceptors (Lipinski definition) is 5. The number of halogens is 1. The number of imide groups is 1. The van der Waals surface area contributed by atoms with Crippen molar-refractivity contribution in [1.29, 1.82) is 0 Å². The Kier molecular flexibility index (Phi) is 6.00. The van der Waals surface area contributed by atoms with Crippen LogP contribution in [0.1, 0.15) is 6.92 Å². The van der Waals surface area contributed by atoms with Crippen molar-refractivity contribution in [3.63, 3.8) is 0 Å². The van der Waals surface area contributed by atoms with Gasteiger partial charge in [-0.05, 0) is 31.2 Å². The highest BCUT2D eigenvalue weighted by Gasteiger charge is 2.14. The summed E-state index contributed by atoms with van der Waals surface area (Å²) in [6, 6.07) is 6.75. The van der Waals surface area contributed by atoms with Crippen LogP contribution < -0.4 is 10.6 Å². The molecule has 0 spiro atoms. The van der Waals surface area contributed by atoms with Crippen LogP contribution in [-0.2, 0) is 11.8 Å². The molecule has 3 amide bonds. The molecule has 0 aliphatic carbocycles. The van der Waals surface area contributed by atoms with Crippen LogP contribution in [0.5, 0.6) is 0 Å².